The fourth-order valence-corrected chi connectivity index (χ4v) is 1.65. The first-order chi connectivity index (χ1) is 6.16. The van der Waals surface area contributed by atoms with Gasteiger partial charge in [0.25, 0.3) is 0 Å². The van der Waals surface area contributed by atoms with Crippen molar-refractivity contribution in [3.8, 4) is 0 Å². The van der Waals surface area contributed by atoms with Crippen LogP contribution in [0.5, 0.6) is 0 Å². The number of nitrogens with one attached hydrogen (secondary N) is 1. The molecule has 1 unspecified atom stereocenters. The molecule has 80 valence electrons. The molecule has 0 amide bonds. The summed E-state index contributed by atoms with van der Waals surface area (Å²) in [5.74, 6) is 0.934. The molecule has 0 aromatic rings. The van der Waals surface area contributed by atoms with Crippen LogP contribution in [0.4, 0.5) is 0 Å². The summed E-state index contributed by atoms with van der Waals surface area (Å²) in [5.41, 5.74) is 0. The molecule has 0 aliphatic carbocycles. The van der Waals surface area contributed by atoms with Crippen LogP contribution in [0.15, 0.2) is 0 Å². The molecule has 0 saturated carbocycles. The third-order valence-electron chi connectivity index (χ3n) is 2.46. The molecule has 0 aliphatic heterocycles. The lowest BCUT2D eigenvalue weighted by Gasteiger charge is -2.10. The van der Waals surface area contributed by atoms with Gasteiger partial charge in [0.05, 0.1) is 0 Å². The predicted octanol–water partition coefficient (Wildman–Crippen LogP) is 3.59. The van der Waals surface area contributed by atoms with Crippen LogP contribution in [0.1, 0.15) is 59.8 Å². The molecule has 13 heavy (non-hydrogen) atoms. The van der Waals surface area contributed by atoms with E-state index in [9.17, 15) is 0 Å². The zero-order chi connectivity index (χ0) is 10.1. The molecule has 0 aromatic heterocycles. The van der Waals surface area contributed by atoms with Crippen LogP contribution in [0.2, 0.25) is 0 Å². The van der Waals surface area contributed by atoms with Crippen LogP contribution < -0.4 is 5.32 Å². The molecule has 0 radical (unpaired) electrons. The molecule has 0 bridgehead atoms. The summed E-state index contributed by atoms with van der Waals surface area (Å²) in [6.45, 7) is 10.3. The smallest absolute Gasteiger partial charge is 0.00103 e. The number of hydrogen-bond donors (Lipinski definition) is 1. The fraction of sp³-hybridized carbons (Fsp3) is 1.00. The summed E-state index contributed by atoms with van der Waals surface area (Å²) < 4.78 is 0. The Hall–Kier alpha value is -0.0400. The zero-order valence-corrected chi connectivity index (χ0v) is 9.90. The van der Waals surface area contributed by atoms with Crippen LogP contribution >= 0.6 is 0 Å². The van der Waals surface area contributed by atoms with E-state index in [1.165, 1.54) is 38.6 Å². The highest BCUT2D eigenvalue weighted by molar-refractivity contribution is 4.56. The van der Waals surface area contributed by atoms with Gasteiger partial charge < -0.3 is 5.32 Å². The molecule has 0 aromatic carbocycles. The average molecular weight is 185 g/mol. The standard InChI is InChI=1S/C12H27N/c1-5-8-12(4)9-6-7-10-13-11(2)3/h11-13H,5-10H2,1-4H3. The Kier molecular flexibility index (Phi) is 8.53. The molecule has 0 rings (SSSR count). The maximum atomic E-state index is 3.45. The molecule has 1 heteroatoms. The number of unbranched alkanes of at least 4 members (excludes halogenated alkanes) is 1. The van der Waals surface area contributed by atoms with Crippen LogP contribution in [0.3, 0.4) is 0 Å². The lowest BCUT2D eigenvalue weighted by molar-refractivity contribution is 0.450. The van der Waals surface area contributed by atoms with Crippen molar-refractivity contribution in [2.45, 2.75) is 65.8 Å². The van der Waals surface area contributed by atoms with Crippen LogP contribution in [-0.2, 0) is 0 Å². The highest BCUT2D eigenvalue weighted by atomic mass is 14.9. The van der Waals surface area contributed by atoms with E-state index < -0.39 is 0 Å². The van der Waals surface area contributed by atoms with Gasteiger partial charge in [0, 0.05) is 6.04 Å². The third-order valence-corrected chi connectivity index (χ3v) is 2.46. The van der Waals surface area contributed by atoms with Crippen molar-refractivity contribution >= 4 is 0 Å². The summed E-state index contributed by atoms with van der Waals surface area (Å²) in [5, 5.41) is 3.45. The Morgan fingerprint density at radius 3 is 2.23 bits per heavy atom. The molecule has 0 fully saturated rings. The molecule has 0 aliphatic rings. The second-order valence-corrected chi connectivity index (χ2v) is 4.50. The summed E-state index contributed by atoms with van der Waals surface area (Å²) >= 11 is 0. The van der Waals surface area contributed by atoms with Gasteiger partial charge >= 0.3 is 0 Å². The van der Waals surface area contributed by atoms with E-state index in [1.54, 1.807) is 0 Å². The van der Waals surface area contributed by atoms with E-state index in [2.05, 4.69) is 33.0 Å². The van der Waals surface area contributed by atoms with Crippen LogP contribution in [0, 0.1) is 5.92 Å². The van der Waals surface area contributed by atoms with E-state index in [-0.39, 0.29) is 0 Å². The second-order valence-electron chi connectivity index (χ2n) is 4.50. The molecule has 1 atom stereocenters. The maximum Gasteiger partial charge on any atom is 0.00103 e. The van der Waals surface area contributed by atoms with E-state index in [1.807, 2.05) is 0 Å². The van der Waals surface area contributed by atoms with Crippen molar-refractivity contribution in [1.82, 2.24) is 5.32 Å². The number of rotatable bonds is 8. The van der Waals surface area contributed by atoms with Crippen molar-refractivity contribution < 1.29 is 0 Å². The van der Waals surface area contributed by atoms with Gasteiger partial charge in [-0.25, -0.2) is 0 Å². The normalized spacial score (nSPS) is 13.6. The zero-order valence-electron chi connectivity index (χ0n) is 9.90. The summed E-state index contributed by atoms with van der Waals surface area (Å²) in [7, 11) is 0. The first-order valence-electron chi connectivity index (χ1n) is 5.90. The largest absolute Gasteiger partial charge is 0.315 e. The summed E-state index contributed by atoms with van der Waals surface area (Å²) in [6, 6.07) is 0.646. The minimum Gasteiger partial charge on any atom is -0.315 e. The van der Waals surface area contributed by atoms with Gasteiger partial charge in [0.15, 0.2) is 0 Å². The van der Waals surface area contributed by atoms with Gasteiger partial charge in [-0.3, -0.25) is 0 Å². The lowest BCUT2D eigenvalue weighted by Crippen LogP contribution is -2.23. The Morgan fingerprint density at radius 2 is 1.69 bits per heavy atom. The Bertz CT molecular complexity index is 99.3. The third kappa shape index (κ3) is 9.88. The quantitative estimate of drug-likeness (QED) is 0.570. The Morgan fingerprint density at radius 1 is 1.00 bits per heavy atom. The van der Waals surface area contributed by atoms with Crippen molar-refractivity contribution in [3.05, 3.63) is 0 Å². The van der Waals surface area contributed by atoms with E-state index in [0.29, 0.717) is 6.04 Å². The van der Waals surface area contributed by atoms with Crippen molar-refractivity contribution in [3.63, 3.8) is 0 Å². The Labute approximate surface area is 84.3 Å². The molecule has 0 saturated heterocycles. The monoisotopic (exact) mass is 185 g/mol. The van der Waals surface area contributed by atoms with E-state index >= 15 is 0 Å². The summed E-state index contributed by atoms with van der Waals surface area (Å²) in [6.07, 6.45) is 6.88. The van der Waals surface area contributed by atoms with Gasteiger partial charge in [-0.2, -0.15) is 0 Å². The van der Waals surface area contributed by atoms with Gasteiger partial charge in [0.2, 0.25) is 0 Å². The minimum absolute atomic E-state index is 0.646. The average Bonchev–Trinajstić information content (AvgIpc) is 2.03. The lowest BCUT2D eigenvalue weighted by atomic mass is 9.99. The van der Waals surface area contributed by atoms with Gasteiger partial charge in [0.1, 0.15) is 0 Å². The molecular formula is C12H27N. The first-order valence-corrected chi connectivity index (χ1v) is 5.90. The van der Waals surface area contributed by atoms with E-state index in [0.717, 1.165) is 5.92 Å². The minimum atomic E-state index is 0.646. The van der Waals surface area contributed by atoms with Gasteiger partial charge in [-0.05, 0) is 18.9 Å². The van der Waals surface area contributed by atoms with Gasteiger partial charge in [-0.15, -0.1) is 0 Å². The van der Waals surface area contributed by atoms with Crippen molar-refractivity contribution in [1.29, 1.82) is 0 Å². The van der Waals surface area contributed by atoms with Crippen LogP contribution in [-0.4, -0.2) is 12.6 Å². The van der Waals surface area contributed by atoms with Gasteiger partial charge in [-0.1, -0.05) is 53.4 Å². The van der Waals surface area contributed by atoms with Crippen LogP contribution in [0.25, 0.3) is 0 Å². The highest BCUT2D eigenvalue weighted by Crippen LogP contribution is 2.12. The SMILES string of the molecule is CCCC(C)CCCCNC(C)C. The molecule has 1 nitrogen and oxygen atoms in total. The maximum absolute atomic E-state index is 3.45. The Balaban J connectivity index is 3.06. The van der Waals surface area contributed by atoms with Crippen molar-refractivity contribution in [2.75, 3.05) is 6.54 Å². The molecular weight excluding hydrogens is 158 g/mol. The second kappa shape index (κ2) is 8.55. The highest BCUT2D eigenvalue weighted by Gasteiger charge is 1.99. The predicted molar refractivity (Wildman–Crippen MR) is 61.1 cm³/mol. The number of hydrogen-bond acceptors (Lipinski definition) is 1. The van der Waals surface area contributed by atoms with Crippen molar-refractivity contribution in [2.24, 2.45) is 5.92 Å². The summed E-state index contributed by atoms with van der Waals surface area (Å²) in [4.78, 5) is 0. The first kappa shape index (κ1) is 13.0. The topological polar surface area (TPSA) is 12.0 Å². The van der Waals surface area contributed by atoms with E-state index in [4.69, 9.17) is 0 Å². The molecule has 0 heterocycles. The molecule has 1 N–H and O–H groups in total. The molecule has 0 spiro atoms. The fourth-order valence-electron chi connectivity index (χ4n) is 1.65.